The van der Waals surface area contributed by atoms with Crippen molar-refractivity contribution in [1.82, 2.24) is 52.5 Å². The van der Waals surface area contributed by atoms with Crippen LogP contribution in [0.2, 0.25) is 0 Å². The van der Waals surface area contributed by atoms with Crippen LogP contribution in [0.3, 0.4) is 0 Å². The molecule has 0 bridgehead atoms. The van der Waals surface area contributed by atoms with Crippen LogP contribution in [0.25, 0.3) is 0 Å². The summed E-state index contributed by atoms with van der Waals surface area (Å²) in [5, 5.41) is 59.7. The van der Waals surface area contributed by atoms with E-state index in [1.54, 1.807) is 27.7 Å². The first-order valence-electron chi connectivity index (χ1n) is 23.2. The zero-order chi connectivity index (χ0) is 52.9. The van der Waals surface area contributed by atoms with E-state index in [1.807, 2.05) is 27.7 Å². The Morgan fingerprint density at radius 3 is 1.42 bits per heavy atom. The maximum atomic E-state index is 14.0. The van der Waals surface area contributed by atoms with E-state index in [4.69, 9.17) is 5.73 Å². The molecule has 0 saturated heterocycles. The van der Waals surface area contributed by atoms with Crippen molar-refractivity contribution in [3.63, 3.8) is 0 Å². The van der Waals surface area contributed by atoms with Gasteiger partial charge in [-0.2, -0.15) is 12.6 Å². The number of nitrogens with one attached hydrogen (secondary N) is 9. The van der Waals surface area contributed by atoms with Gasteiger partial charge in [0.25, 0.3) is 0 Å². The third-order valence-corrected chi connectivity index (χ3v) is 11.8. The average Bonchev–Trinajstić information content (AvgIpc) is 3.80. The minimum Gasteiger partial charge on any atom is -0.480 e. The number of hydrogen-bond acceptors (Lipinski definition) is 15. The van der Waals surface area contributed by atoms with Gasteiger partial charge in [0.05, 0.1) is 31.2 Å². The number of aromatic amines is 1. The highest BCUT2D eigenvalue weighted by molar-refractivity contribution is 7.80. The fraction of sp³-hybridized carbons (Fsp3) is 0.727. The summed E-state index contributed by atoms with van der Waals surface area (Å²) < 4.78 is 0. The van der Waals surface area contributed by atoms with Crippen LogP contribution in [-0.2, 0) is 49.6 Å². The minimum atomic E-state index is -1.79. The maximum absolute atomic E-state index is 14.0. The first kappa shape index (κ1) is 61.6. The van der Waals surface area contributed by atoms with E-state index in [1.165, 1.54) is 12.5 Å². The lowest BCUT2D eigenvalue weighted by atomic mass is 9.97. The highest BCUT2D eigenvalue weighted by Crippen LogP contribution is 2.13. The van der Waals surface area contributed by atoms with Crippen LogP contribution in [0.15, 0.2) is 12.5 Å². The Kier molecular flexibility index (Phi) is 27.1. The van der Waals surface area contributed by atoms with Crippen molar-refractivity contribution in [2.45, 2.75) is 168 Å². The highest BCUT2D eigenvalue weighted by atomic mass is 32.1. The number of aliphatic hydroxyl groups is 3. The second kappa shape index (κ2) is 30.3. The van der Waals surface area contributed by atoms with E-state index in [9.17, 15) is 63.6 Å². The molecule has 25 heteroatoms. The number of hydrogen-bond donors (Lipinski definition) is 15. The van der Waals surface area contributed by atoms with Gasteiger partial charge < -0.3 is 73.7 Å². The number of aromatic nitrogens is 2. The molecule has 0 aliphatic heterocycles. The Morgan fingerprint density at radius 2 is 0.986 bits per heavy atom. The first-order valence-corrected chi connectivity index (χ1v) is 23.8. The zero-order valence-electron chi connectivity index (χ0n) is 41.2. The van der Waals surface area contributed by atoms with E-state index >= 15 is 0 Å². The normalized spacial score (nSPS) is 17.1. The van der Waals surface area contributed by atoms with Crippen molar-refractivity contribution in [3.8, 4) is 0 Å². The molecule has 1 heterocycles. The van der Waals surface area contributed by atoms with Crippen molar-refractivity contribution in [1.29, 1.82) is 0 Å². The third-order valence-electron chi connectivity index (χ3n) is 11.4. The Bertz CT molecular complexity index is 1850. The van der Waals surface area contributed by atoms with E-state index in [-0.39, 0.29) is 42.8 Å². The molecule has 0 aliphatic carbocycles. The minimum absolute atomic E-state index is 0.0417. The molecule has 0 saturated carbocycles. The lowest BCUT2D eigenvalue weighted by Crippen LogP contribution is -2.63. The molecule has 15 N–H and O–H groups in total. The number of nitrogens with zero attached hydrogens (tertiary/aromatic N) is 1. The van der Waals surface area contributed by atoms with E-state index in [0.29, 0.717) is 18.5 Å². The Balaban J connectivity index is 3.31. The second-order valence-electron chi connectivity index (χ2n) is 18.3. The fourth-order valence-corrected chi connectivity index (χ4v) is 6.98. The number of amides is 8. The molecule has 1 rings (SSSR count). The quantitative estimate of drug-likeness (QED) is 0.0332. The van der Waals surface area contributed by atoms with Gasteiger partial charge in [-0.1, -0.05) is 68.2 Å². The lowest BCUT2D eigenvalue weighted by molar-refractivity contribution is -0.146. The van der Waals surface area contributed by atoms with Crippen molar-refractivity contribution >= 4 is 65.9 Å². The molecular weight excluding hydrogens is 923 g/mol. The van der Waals surface area contributed by atoms with Gasteiger partial charge in [0, 0.05) is 24.1 Å². The van der Waals surface area contributed by atoms with Gasteiger partial charge in [-0.15, -0.1) is 0 Å². The average molecular weight is 1000 g/mol. The van der Waals surface area contributed by atoms with Crippen LogP contribution in [-0.4, -0.2) is 163 Å². The largest absolute Gasteiger partial charge is 0.480 e. The number of rotatable bonds is 31. The van der Waals surface area contributed by atoms with Crippen molar-refractivity contribution in [2.75, 3.05) is 12.4 Å². The number of carboxylic acid groups (broad SMARTS) is 1. The molecule has 24 nitrogen and oxygen atoms in total. The number of carboxylic acids is 1. The molecule has 392 valence electrons. The number of aliphatic hydroxyl groups excluding tert-OH is 3. The van der Waals surface area contributed by atoms with Gasteiger partial charge in [0.1, 0.15) is 42.3 Å². The topological polar surface area (TPSA) is 385 Å². The monoisotopic (exact) mass is 1000 g/mol. The smallest absolute Gasteiger partial charge is 0.328 e. The predicted octanol–water partition coefficient (Wildman–Crippen LogP) is -2.89. The van der Waals surface area contributed by atoms with Crippen LogP contribution in [0, 0.1) is 23.7 Å². The summed E-state index contributed by atoms with van der Waals surface area (Å²) in [6.07, 6.45) is 0.561. The number of imidazole rings is 1. The Labute approximate surface area is 408 Å². The predicted molar refractivity (Wildman–Crippen MR) is 255 cm³/mol. The van der Waals surface area contributed by atoms with E-state index in [2.05, 4.69) is 65.1 Å². The molecule has 0 aromatic carbocycles. The van der Waals surface area contributed by atoms with Crippen LogP contribution < -0.4 is 48.3 Å². The lowest BCUT2D eigenvalue weighted by Gasteiger charge is -2.30. The van der Waals surface area contributed by atoms with Crippen LogP contribution in [0.5, 0.6) is 0 Å². The van der Waals surface area contributed by atoms with Gasteiger partial charge in [0.15, 0.2) is 6.04 Å². The molecule has 0 fully saturated rings. The van der Waals surface area contributed by atoms with Gasteiger partial charge >= 0.3 is 5.97 Å². The van der Waals surface area contributed by atoms with Crippen LogP contribution >= 0.6 is 12.6 Å². The van der Waals surface area contributed by atoms with Gasteiger partial charge in [-0.3, -0.25) is 38.4 Å². The van der Waals surface area contributed by atoms with Gasteiger partial charge in [0.2, 0.25) is 47.3 Å². The molecule has 0 aliphatic rings. The van der Waals surface area contributed by atoms with Gasteiger partial charge in [-0.05, 0) is 50.4 Å². The zero-order valence-corrected chi connectivity index (χ0v) is 42.1. The second-order valence-corrected chi connectivity index (χ2v) is 18.7. The molecule has 8 amide bonds. The van der Waals surface area contributed by atoms with Crippen molar-refractivity contribution in [2.24, 2.45) is 29.4 Å². The maximum Gasteiger partial charge on any atom is 0.328 e. The summed E-state index contributed by atoms with van der Waals surface area (Å²) in [6.45, 7) is 15.7. The summed E-state index contributed by atoms with van der Waals surface area (Å²) in [7, 11) is 0. The molecule has 69 heavy (non-hydrogen) atoms. The molecule has 0 unspecified atom stereocenters. The standard InChI is InChI=1S/C44H77N11O13S/c1-11-22(7)32(45)41(64)49-28(14-21(5)6)36(59)48-27(13-20(3)4)37(60)51-30(17-56)39(62)52-31(18-69)40(63)53-33(23(8)12-2)42(65)50-29(15-26-16-46-19-47-26)38(61)54-34(24(9)57)43(66)55-35(25(10)58)44(67)68/h16,19-25,27-35,56-58,69H,11-15,17-18,45H2,1-10H3,(H,46,47)(H,48,59)(H,49,64)(H,50,65)(H,51,60)(H,52,62)(H,53,63)(H,54,61)(H,55,66)(H,67,68)/t22-,23-,24+,25+,27-,28-,29-,30-,31-,32-,33-,34-,35-/m0/s1. The van der Waals surface area contributed by atoms with Crippen LogP contribution in [0.1, 0.15) is 101 Å². The molecule has 0 radical (unpaired) electrons. The number of nitrogens with two attached hydrogens (primary N) is 1. The summed E-state index contributed by atoms with van der Waals surface area (Å²) in [4.78, 5) is 127. The van der Waals surface area contributed by atoms with Gasteiger partial charge in [-0.25, -0.2) is 9.78 Å². The van der Waals surface area contributed by atoms with Crippen molar-refractivity contribution < 1.29 is 63.6 Å². The molecule has 1 aromatic rings. The third kappa shape index (κ3) is 20.6. The Morgan fingerprint density at radius 1 is 0.580 bits per heavy atom. The number of carbonyl (C=O) groups is 9. The Hall–Kier alpha value is -5.37. The van der Waals surface area contributed by atoms with Crippen LogP contribution in [0.4, 0.5) is 0 Å². The fourth-order valence-electron chi connectivity index (χ4n) is 6.72. The number of thiol groups is 1. The number of carbonyl (C=O) groups excluding carboxylic acids is 8. The first-order chi connectivity index (χ1) is 32.2. The molecular formula is C44H77N11O13S. The molecule has 13 atom stereocenters. The van der Waals surface area contributed by atoms with E-state index < -0.39 is 132 Å². The summed E-state index contributed by atoms with van der Waals surface area (Å²) in [5.74, 6) is -9.86. The van der Waals surface area contributed by atoms with E-state index in [0.717, 1.165) is 13.8 Å². The number of H-pyrrole nitrogens is 1. The molecule has 0 spiro atoms. The summed E-state index contributed by atoms with van der Waals surface area (Å²) in [5.41, 5.74) is 6.46. The van der Waals surface area contributed by atoms with Crippen molar-refractivity contribution in [3.05, 3.63) is 18.2 Å². The summed E-state index contributed by atoms with van der Waals surface area (Å²) >= 11 is 4.22. The SMILES string of the molecule is CC[C@H](C)[C@H](N)C(=O)N[C@@H](CC(C)C)C(=O)N[C@@H](CC(C)C)C(=O)N[C@@H](CO)C(=O)N[C@@H](CS)C(=O)N[C@H](C(=O)N[C@@H](Cc1cnc[nH]1)C(=O)N[C@H](C(=O)N[C@H](C(=O)O)[C@@H](C)O)[C@@H](C)O)[C@@H](C)CC. The molecule has 1 aromatic heterocycles. The summed E-state index contributed by atoms with van der Waals surface area (Å²) in [6, 6.07) is -12.6. The number of aliphatic carboxylic acids is 1. The highest BCUT2D eigenvalue weighted by Gasteiger charge is 2.37.